The second-order valence-electron chi connectivity index (χ2n) is 8.25. The fourth-order valence-corrected chi connectivity index (χ4v) is 5.36. The molecule has 0 saturated carbocycles. The molecule has 0 atom stereocenters. The molecule has 5 nitrogen and oxygen atoms in total. The molecule has 0 unspecified atom stereocenters. The normalized spacial score (nSPS) is 11.9. The molecular formula is C25H25F3N2O3S. The summed E-state index contributed by atoms with van der Waals surface area (Å²) in [6.45, 7) is 6.29. The Balaban J connectivity index is 2.07. The van der Waals surface area contributed by atoms with Crippen molar-refractivity contribution in [3.8, 4) is 0 Å². The topological polar surface area (TPSA) is 66.5 Å². The van der Waals surface area contributed by atoms with E-state index in [1.165, 1.54) is 12.1 Å². The first-order valence-corrected chi connectivity index (χ1v) is 11.9. The molecule has 0 heterocycles. The minimum atomic E-state index is -4.67. The molecule has 180 valence electrons. The molecular weight excluding hydrogens is 465 g/mol. The number of rotatable bonds is 6. The van der Waals surface area contributed by atoms with E-state index in [1.54, 1.807) is 38.1 Å². The average Bonchev–Trinajstić information content (AvgIpc) is 2.72. The average molecular weight is 491 g/mol. The number of hydrogen-bond acceptors (Lipinski definition) is 3. The monoisotopic (exact) mass is 490 g/mol. The third-order valence-corrected chi connectivity index (χ3v) is 7.08. The number of sulfonamides is 1. The molecule has 0 aliphatic carbocycles. The summed E-state index contributed by atoms with van der Waals surface area (Å²) in [5, 5.41) is 2.65. The number of nitrogens with zero attached hydrogens (tertiary/aromatic N) is 1. The zero-order valence-corrected chi connectivity index (χ0v) is 20.0. The zero-order chi connectivity index (χ0) is 25.3. The van der Waals surface area contributed by atoms with Crippen molar-refractivity contribution in [2.75, 3.05) is 16.2 Å². The lowest BCUT2D eigenvalue weighted by Gasteiger charge is -2.26. The van der Waals surface area contributed by atoms with E-state index in [1.807, 2.05) is 19.9 Å². The maximum absolute atomic E-state index is 13.6. The number of nitrogens with one attached hydrogen (secondary N) is 1. The quantitative estimate of drug-likeness (QED) is 0.477. The lowest BCUT2D eigenvalue weighted by molar-refractivity contribution is -0.137. The van der Waals surface area contributed by atoms with Gasteiger partial charge < -0.3 is 5.32 Å². The number of carbonyl (C=O) groups is 1. The fraction of sp³-hybridized carbons (Fsp3) is 0.240. The van der Waals surface area contributed by atoms with Gasteiger partial charge in [-0.2, -0.15) is 13.2 Å². The Kier molecular flexibility index (Phi) is 7.07. The van der Waals surface area contributed by atoms with E-state index in [-0.39, 0.29) is 10.6 Å². The summed E-state index contributed by atoms with van der Waals surface area (Å²) in [6, 6.07) is 14.1. The van der Waals surface area contributed by atoms with Crippen LogP contribution in [0.4, 0.5) is 24.5 Å². The van der Waals surface area contributed by atoms with E-state index in [4.69, 9.17) is 0 Å². The highest BCUT2D eigenvalue weighted by Crippen LogP contribution is 2.34. The molecule has 9 heteroatoms. The Morgan fingerprint density at radius 1 is 0.882 bits per heavy atom. The van der Waals surface area contributed by atoms with Crippen LogP contribution in [0.5, 0.6) is 0 Å². The molecule has 0 spiro atoms. The third kappa shape index (κ3) is 5.77. The number of anilines is 2. The van der Waals surface area contributed by atoms with Crippen LogP contribution in [0.15, 0.2) is 65.6 Å². The van der Waals surface area contributed by atoms with Crippen molar-refractivity contribution in [3.63, 3.8) is 0 Å². The molecule has 3 rings (SSSR count). The van der Waals surface area contributed by atoms with Crippen LogP contribution >= 0.6 is 0 Å². The summed E-state index contributed by atoms with van der Waals surface area (Å²) in [7, 11) is -4.37. The van der Waals surface area contributed by atoms with E-state index < -0.39 is 34.2 Å². The van der Waals surface area contributed by atoms with E-state index in [2.05, 4.69) is 5.32 Å². The van der Waals surface area contributed by atoms with Crippen molar-refractivity contribution in [2.45, 2.75) is 38.8 Å². The predicted octanol–water partition coefficient (Wildman–Crippen LogP) is 5.77. The van der Waals surface area contributed by atoms with Gasteiger partial charge in [-0.15, -0.1) is 0 Å². The van der Waals surface area contributed by atoms with Crippen LogP contribution in [0.3, 0.4) is 0 Å². The van der Waals surface area contributed by atoms with Gasteiger partial charge in [-0.25, -0.2) is 8.42 Å². The maximum Gasteiger partial charge on any atom is 0.416 e. The molecule has 1 amide bonds. The first kappa shape index (κ1) is 25.3. The Hall–Kier alpha value is -3.33. The van der Waals surface area contributed by atoms with E-state index in [0.717, 1.165) is 29.3 Å². The molecule has 0 aliphatic rings. The second-order valence-corrected chi connectivity index (χ2v) is 10.1. The molecule has 0 fully saturated rings. The van der Waals surface area contributed by atoms with Crippen molar-refractivity contribution < 1.29 is 26.4 Å². The molecule has 1 N–H and O–H groups in total. The predicted molar refractivity (Wildman–Crippen MR) is 126 cm³/mol. The number of hydrogen-bond donors (Lipinski definition) is 1. The highest BCUT2D eigenvalue weighted by molar-refractivity contribution is 7.93. The van der Waals surface area contributed by atoms with E-state index >= 15 is 0 Å². The van der Waals surface area contributed by atoms with Crippen LogP contribution in [0, 0.1) is 27.7 Å². The van der Waals surface area contributed by atoms with Gasteiger partial charge in [0.05, 0.1) is 16.1 Å². The van der Waals surface area contributed by atoms with Gasteiger partial charge in [-0.1, -0.05) is 24.3 Å². The second kappa shape index (κ2) is 9.50. The minimum Gasteiger partial charge on any atom is -0.324 e. The summed E-state index contributed by atoms with van der Waals surface area (Å²) in [6.07, 6.45) is -4.67. The Morgan fingerprint density at radius 3 is 2.15 bits per heavy atom. The molecule has 0 saturated heterocycles. The van der Waals surface area contributed by atoms with Crippen LogP contribution in [-0.4, -0.2) is 20.9 Å². The van der Waals surface area contributed by atoms with Gasteiger partial charge in [0.1, 0.15) is 6.54 Å². The lowest BCUT2D eigenvalue weighted by Crippen LogP contribution is -2.38. The van der Waals surface area contributed by atoms with Crippen molar-refractivity contribution in [1.82, 2.24) is 0 Å². The maximum atomic E-state index is 13.6. The van der Waals surface area contributed by atoms with Crippen molar-refractivity contribution in [1.29, 1.82) is 0 Å². The molecule has 0 radical (unpaired) electrons. The summed E-state index contributed by atoms with van der Waals surface area (Å²) in [5.41, 5.74) is 2.06. The van der Waals surface area contributed by atoms with E-state index in [0.29, 0.717) is 21.1 Å². The number of carbonyl (C=O) groups excluding carboxylic acids is 1. The van der Waals surface area contributed by atoms with Gasteiger partial charge in [0.2, 0.25) is 5.91 Å². The van der Waals surface area contributed by atoms with Gasteiger partial charge >= 0.3 is 6.18 Å². The largest absolute Gasteiger partial charge is 0.416 e. The first-order valence-electron chi connectivity index (χ1n) is 10.4. The van der Waals surface area contributed by atoms with Crippen LogP contribution in [0.2, 0.25) is 0 Å². The van der Waals surface area contributed by atoms with Gasteiger partial charge in [0, 0.05) is 5.69 Å². The first-order chi connectivity index (χ1) is 15.8. The zero-order valence-electron chi connectivity index (χ0n) is 19.2. The third-order valence-electron chi connectivity index (χ3n) is 5.17. The summed E-state index contributed by atoms with van der Waals surface area (Å²) < 4.78 is 68.0. The molecule has 0 aliphatic heterocycles. The van der Waals surface area contributed by atoms with E-state index in [9.17, 15) is 26.4 Å². The number of halogens is 3. The fourth-order valence-electron chi connectivity index (χ4n) is 3.63. The van der Waals surface area contributed by atoms with Crippen molar-refractivity contribution >= 4 is 27.3 Å². The van der Waals surface area contributed by atoms with Crippen LogP contribution < -0.4 is 9.62 Å². The van der Waals surface area contributed by atoms with Gasteiger partial charge in [0.15, 0.2) is 0 Å². The Labute approximate surface area is 197 Å². The SMILES string of the molecule is Cc1cc(C)cc(NC(=O)CN(c2cccc(C(F)(F)F)c2)S(=O)(=O)c2cc(C)ccc2C)c1. The molecule has 0 aromatic heterocycles. The minimum absolute atomic E-state index is 0.0795. The standard InChI is InChI=1S/C25H25F3N2O3S/c1-16-8-9-19(4)23(13-16)34(32,33)30(22-7-5-6-20(14-22)25(26,27)28)15-24(31)29-21-11-17(2)10-18(3)12-21/h5-14H,15H2,1-4H3,(H,29,31). The van der Waals surface area contributed by atoms with Gasteiger partial charge in [-0.3, -0.25) is 9.10 Å². The smallest absolute Gasteiger partial charge is 0.324 e. The summed E-state index contributed by atoms with van der Waals surface area (Å²) >= 11 is 0. The number of alkyl halides is 3. The van der Waals surface area contributed by atoms with Crippen molar-refractivity contribution in [3.05, 3.63) is 88.5 Å². The highest BCUT2D eigenvalue weighted by atomic mass is 32.2. The van der Waals surface area contributed by atoms with Crippen LogP contribution in [-0.2, 0) is 21.0 Å². The molecule has 3 aromatic rings. The molecule has 0 bridgehead atoms. The Morgan fingerprint density at radius 2 is 1.53 bits per heavy atom. The van der Waals surface area contributed by atoms with Gasteiger partial charge in [-0.05, 0) is 86.3 Å². The number of benzene rings is 3. The van der Waals surface area contributed by atoms with Gasteiger partial charge in [0.25, 0.3) is 10.0 Å². The van der Waals surface area contributed by atoms with Crippen LogP contribution in [0.1, 0.15) is 27.8 Å². The summed E-state index contributed by atoms with van der Waals surface area (Å²) in [5.74, 6) is -0.684. The summed E-state index contributed by atoms with van der Waals surface area (Å²) in [4.78, 5) is 12.8. The molecule has 3 aromatic carbocycles. The lowest BCUT2D eigenvalue weighted by atomic mass is 10.1. The molecule has 34 heavy (non-hydrogen) atoms. The number of amides is 1. The van der Waals surface area contributed by atoms with Crippen LogP contribution in [0.25, 0.3) is 0 Å². The van der Waals surface area contributed by atoms with Crippen molar-refractivity contribution in [2.24, 2.45) is 0 Å². The number of aryl methyl sites for hydroxylation is 4. The highest BCUT2D eigenvalue weighted by Gasteiger charge is 2.33. The Bertz CT molecular complexity index is 1320.